The maximum atomic E-state index is 12.1. The fourth-order valence-corrected chi connectivity index (χ4v) is 2.40. The van der Waals surface area contributed by atoms with Gasteiger partial charge in [-0.2, -0.15) is 0 Å². The topological polar surface area (TPSA) is 61.4 Å². The SMILES string of the molecule is O=C(NCC#Cc1ccccc1)c1ccc(N2CCNC2=O)cc1. The molecule has 5 heteroatoms. The summed E-state index contributed by atoms with van der Waals surface area (Å²) < 4.78 is 0. The number of carbonyl (C=O) groups excluding carboxylic acids is 2. The van der Waals surface area contributed by atoms with Crippen LogP contribution in [-0.2, 0) is 0 Å². The van der Waals surface area contributed by atoms with Crippen LogP contribution in [0.1, 0.15) is 15.9 Å². The lowest BCUT2D eigenvalue weighted by molar-refractivity contribution is 0.0958. The Balaban J connectivity index is 1.56. The van der Waals surface area contributed by atoms with Crippen molar-refractivity contribution >= 4 is 17.6 Å². The summed E-state index contributed by atoms with van der Waals surface area (Å²) in [5, 5.41) is 5.51. The second-order valence-electron chi connectivity index (χ2n) is 5.28. The van der Waals surface area contributed by atoms with E-state index in [1.807, 2.05) is 30.3 Å². The molecular weight excluding hydrogens is 302 g/mol. The van der Waals surface area contributed by atoms with Crippen molar-refractivity contribution in [1.29, 1.82) is 0 Å². The minimum atomic E-state index is -0.185. The molecule has 2 aromatic carbocycles. The van der Waals surface area contributed by atoms with Gasteiger partial charge in [-0.15, -0.1) is 0 Å². The highest BCUT2D eigenvalue weighted by Gasteiger charge is 2.20. The Morgan fingerprint density at radius 3 is 2.54 bits per heavy atom. The molecule has 2 aromatic rings. The van der Waals surface area contributed by atoms with Crippen molar-refractivity contribution in [3.63, 3.8) is 0 Å². The highest BCUT2D eigenvalue weighted by atomic mass is 16.2. The Morgan fingerprint density at radius 1 is 1.12 bits per heavy atom. The first-order chi connectivity index (χ1) is 11.7. The molecule has 120 valence electrons. The molecular formula is C19H17N3O2. The molecule has 0 spiro atoms. The number of amides is 3. The predicted molar refractivity (Wildman–Crippen MR) is 92.8 cm³/mol. The molecule has 5 nitrogen and oxygen atoms in total. The lowest BCUT2D eigenvalue weighted by Gasteiger charge is -2.14. The molecule has 1 saturated heterocycles. The second kappa shape index (κ2) is 7.34. The van der Waals surface area contributed by atoms with E-state index in [1.54, 1.807) is 29.2 Å². The average molecular weight is 319 g/mol. The third-order valence-electron chi connectivity index (χ3n) is 3.64. The van der Waals surface area contributed by atoms with Crippen LogP contribution in [0.4, 0.5) is 10.5 Å². The highest BCUT2D eigenvalue weighted by molar-refractivity contribution is 5.97. The number of anilines is 1. The number of hydrogen-bond acceptors (Lipinski definition) is 2. The van der Waals surface area contributed by atoms with Gasteiger partial charge in [0.25, 0.3) is 5.91 Å². The number of nitrogens with zero attached hydrogens (tertiary/aromatic N) is 1. The van der Waals surface area contributed by atoms with Gasteiger partial charge in [0.05, 0.1) is 6.54 Å². The van der Waals surface area contributed by atoms with E-state index in [0.717, 1.165) is 11.3 Å². The first-order valence-corrected chi connectivity index (χ1v) is 7.71. The van der Waals surface area contributed by atoms with Gasteiger partial charge in [0, 0.05) is 29.9 Å². The monoisotopic (exact) mass is 319 g/mol. The van der Waals surface area contributed by atoms with Gasteiger partial charge in [-0.1, -0.05) is 30.0 Å². The first-order valence-electron chi connectivity index (χ1n) is 7.71. The molecule has 0 aliphatic carbocycles. The van der Waals surface area contributed by atoms with Crippen molar-refractivity contribution in [1.82, 2.24) is 10.6 Å². The molecule has 0 atom stereocenters. The molecule has 0 aromatic heterocycles. The molecule has 0 saturated carbocycles. The molecule has 0 unspecified atom stereocenters. The molecule has 1 heterocycles. The van der Waals surface area contributed by atoms with Gasteiger partial charge in [0.2, 0.25) is 0 Å². The molecule has 3 rings (SSSR count). The van der Waals surface area contributed by atoms with Gasteiger partial charge in [0.1, 0.15) is 0 Å². The van der Waals surface area contributed by atoms with Crippen molar-refractivity contribution in [3.8, 4) is 11.8 Å². The van der Waals surface area contributed by atoms with Crippen LogP contribution in [0, 0.1) is 11.8 Å². The summed E-state index contributed by atoms with van der Waals surface area (Å²) in [6.07, 6.45) is 0. The van der Waals surface area contributed by atoms with E-state index in [4.69, 9.17) is 0 Å². The zero-order valence-corrected chi connectivity index (χ0v) is 13.1. The fraction of sp³-hybridized carbons (Fsp3) is 0.158. The van der Waals surface area contributed by atoms with E-state index in [2.05, 4.69) is 22.5 Å². The molecule has 1 fully saturated rings. The van der Waals surface area contributed by atoms with Gasteiger partial charge in [0.15, 0.2) is 0 Å². The van der Waals surface area contributed by atoms with E-state index < -0.39 is 0 Å². The number of benzene rings is 2. The number of nitrogens with one attached hydrogen (secondary N) is 2. The predicted octanol–water partition coefficient (Wildman–Crippen LogP) is 2.00. The normalized spacial score (nSPS) is 13.0. The molecule has 0 radical (unpaired) electrons. The van der Waals surface area contributed by atoms with Crippen LogP contribution in [0.25, 0.3) is 0 Å². The molecule has 0 bridgehead atoms. The summed E-state index contributed by atoms with van der Waals surface area (Å²) in [4.78, 5) is 25.3. The quantitative estimate of drug-likeness (QED) is 0.850. The van der Waals surface area contributed by atoms with Crippen molar-refractivity contribution < 1.29 is 9.59 Å². The van der Waals surface area contributed by atoms with Gasteiger partial charge in [-0.05, 0) is 36.4 Å². The Bertz CT molecular complexity index is 789. The third kappa shape index (κ3) is 3.73. The Morgan fingerprint density at radius 2 is 1.88 bits per heavy atom. The lowest BCUT2D eigenvalue weighted by atomic mass is 10.2. The van der Waals surface area contributed by atoms with Crippen LogP contribution in [-0.4, -0.2) is 31.6 Å². The van der Waals surface area contributed by atoms with E-state index in [9.17, 15) is 9.59 Å². The van der Waals surface area contributed by atoms with Crippen LogP contribution in [0.15, 0.2) is 54.6 Å². The minimum absolute atomic E-state index is 0.108. The number of hydrogen-bond donors (Lipinski definition) is 2. The molecule has 1 aliphatic rings. The van der Waals surface area contributed by atoms with Gasteiger partial charge < -0.3 is 10.6 Å². The van der Waals surface area contributed by atoms with Crippen LogP contribution in [0.3, 0.4) is 0 Å². The molecule has 3 amide bonds. The van der Waals surface area contributed by atoms with Gasteiger partial charge in [-0.3, -0.25) is 9.69 Å². The smallest absolute Gasteiger partial charge is 0.321 e. The van der Waals surface area contributed by atoms with E-state index in [-0.39, 0.29) is 18.5 Å². The van der Waals surface area contributed by atoms with Gasteiger partial charge >= 0.3 is 6.03 Å². The van der Waals surface area contributed by atoms with Crippen molar-refractivity contribution in [2.75, 3.05) is 24.5 Å². The summed E-state index contributed by atoms with van der Waals surface area (Å²) in [7, 11) is 0. The van der Waals surface area contributed by atoms with E-state index in [1.165, 1.54) is 0 Å². The summed E-state index contributed by atoms with van der Waals surface area (Å²) >= 11 is 0. The second-order valence-corrected chi connectivity index (χ2v) is 5.28. The number of rotatable bonds is 3. The Kier molecular flexibility index (Phi) is 4.78. The fourth-order valence-electron chi connectivity index (χ4n) is 2.40. The maximum absolute atomic E-state index is 12.1. The third-order valence-corrected chi connectivity index (χ3v) is 3.64. The van der Waals surface area contributed by atoms with E-state index in [0.29, 0.717) is 18.7 Å². The lowest BCUT2D eigenvalue weighted by Crippen LogP contribution is -2.28. The molecule has 1 aliphatic heterocycles. The van der Waals surface area contributed by atoms with E-state index >= 15 is 0 Å². The summed E-state index contributed by atoms with van der Waals surface area (Å²) in [5.41, 5.74) is 2.24. The molecule has 24 heavy (non-hydrogen) atoms. The Hall–Kier alpha value is -3.26. The number of carbonyl (C=O) groups is 2. The van der Waals surface area contributed by atoms with Crippen LogP contribution >= 0.6 is 0 Å². The molecule has 2 N–H and O–H groups in total. The Labute approximate surface area is 140 Å². The zero-order valence-electron chi connectivity index (χ0n) is 13.1. The summed E-state index contributed by atoms with van der Waals surface area (Å²) in [5.74, 6) is 5.72. The minimum Gasteiger partial charge on any atom is -0.341 e. The average Bonchev–Trinajstić information content (AvgIpc) is 3.05. The zero-order chi connectivity index (χ0) is 16.8. The van der Waals surface area contributed by atoms with Crippen molar-refractivity contribution in [2.24, 2.45) is 0 Å². The van der Waals surface area contributed by atoms with Crippen molar-refractivity contribution in [2.45, 2.75) is 0 Å². The maximum Gasteiger partial charge on any atom is 0.321 e. The summed E-state index contributed by atoms with van der Waals surface area (Å²) in [6.45, 7) is 1.56. The van der Waals surface area contributed by atoms with Gasteiger partial charge in [-0.25, -0.2) is 4.79 Å². The van der Waals surface area contributed by atoms with Crippen molar-refractivity contribution in [3.05, 3.63) is 65.7 Å². The standard InChI is InChI=1S/C19H17N3O2/c23-18(20-12-4-7-15-5-2-1-3-6-15)16-8-10-17(11-9-16)22-14-13-21-19(22)24/h1-3,5-6,8-11H,12-14H2,(H,20,23)(H,21,24). The number of urea groups is 1. The summed E-state index contributed by atoms with van der Waals surface area (Å²) in [6, 6.07) is 16.5. The van der Waals surface area contributed by atoms with Crippen LogP contribution in [0.2, 0.25) is 0 Å². The highest BCUT2D eigenvalue weighted by Crippen LogP contribution is 2.17. The van der Waals surface area contributed by atoms with Crippen LogP contribution in [0.5, 0.6) is 0 Å². The van der Waals surface area contributed by atoms with Crippen LogP contribution < -0.4 is 15.5 Å². The largest absolute Gasteiger partial charge is 0.341 e. The first kappa shape index (κ1) is 15.6.